The molecule has 1 atom stereocenters. The van der Waals surface area contributed by atoms with Crippen LogP contribution in [0, 0.1) is 0 Å². The number of aromatic nitrogens is 2. The summed E-state index contributed by atoms with van der Waals surface area (Å²) in [6.45, 7) is 2.44. The fourth-order valence-electron chi connectivity index (χ4n) is 1.96. The Morgan fingerprint density at radius 1 is 1.33 bits per heavy atom. The number of benzene rings is 1. The van der Waals surface area contributed by atoms with Crippen LogP contribution in [0.5, 0.6) is 0 Å². The number of anilines is 1. The summed E-state index contributed by atoms with van der Waals surface area (Å²) in [7, 11) is 0. The van der Waals surface area contributed by atoms with Crippen molar-refractivity contribution >= 4 is 49.9 Å². The zero-order valence-corrected chi connectivity index (χ0v) is 16.0. The second kappa shape index (κ2) is 7.96. The van der Waals surface area contributed by atoms with Crippen LogP contribution in [-0.4, -0.2) is 21.2 Å². The normalized spacial score (nSPS) is 12.1. The monoisotopic (exact) mass is 423 g/mol. The molecule has 24 heavy (non-hydrogen) atoms. The molecule has 0 amide bonds. The Morgan fingerprint density at radius 3 is 2.83 bits per heavy atom. The Bertz CT molecular complexity index is 803. The minimum Gasteiger partial charge on any atom is -0.467 e. The van der Waals surface area contributed by atoms with Gasteiger partial charge in [-0.15, -0.1) is 10.2 Å². The summed E-state index contributed by atoms with van der Waals surface area (Å²) in [5, 5.41) is 11.9. The van der Waals surface area contributed by atoms with Crippen LogP contribution in [0.4, 0.5) is 5.13 Å². The number of thioether (sulfide) groups is 1. The van der Waals surface area contributed by atoms with Crippen LogP contribution in [0.2, 0.25) is 0 Å². The first-order valence-corrected chi connectivity index (χ1v) is 9.67. The topological polar surface area (TPSA) is 68.0 Å². The summed E-state index contributed by atoms with van der Waals surface area (Å²) in [5.74, 6) is 0.908. The van der Waals surface area contributed by atoms with Gasteiger partial charge in [-0.25, -0.2) is 0 Å². The molecule has 1 unspecified atom stereocenters. The average molecular weight is 424 g/mol. The van der Waals surface area contributed by atoms with Crippen LogP contribution >= 0.6 is 39.0 Å². The van der Waals surface area contributed by atoms with Crippen molar-refractivity contribution in [2.24, 2.45) is 0 Å². The van der Waals surface area contributed by atoms with Gasteiger partial charge in [-0.1, -0.05) is 51.2 Å². The van der Waals surface area contributed by atoms with Crippen LogP contribution in [0.3, 0.4) is 0 Å². The number of hydrogen-bond acceptors (Lipinski definition) is 7. The second-order valence-corrected chi connectivity index (χ2v) is 8.42. The number of hydrogen-bond donors (Lipinski definition) is 1. The number of nitrogens with one attached hydrogen (secondary N) is 1. The number of Topliss-reactive ketones (excluding diaryl/α,β-unsaturated/α-hetero) is 1. The van der Waals surface area contributed by atoms with Crippen LogP contribution < -0.4 is 5.32 Å². The molecule has 1 aromatic carbocycles. The first kappa shape index (κ1) is 17.2. The number of ketones is 1. The molecule has 0 saturated carbocycles. The lowest BCUT2D eigenvalue weighted by molar-refractivity contribution is 0.0994. The van der Waals surface area contributed by atoms with Gasteiger partial charge < -0.3 is 9.73 Å². The molecule has 8 heteroatoms. The van der Waals surface area contributed by atoms with Crippen molar-refractivity contribution in [3.05, 3.63) is 58.5 Å². The predicted octanol–water partition coefficient (Wildman–Crippen LogP) is 4.87. The standard InChI is InChI=1S/C16H14BrN3O2S2/c1-10(14(21)11-4-6-12(17)7-5-11)23-16-20-19-15(24-16)18-9-13-3-2-8-22-13/h2-8,10H,9H2,1H3,(H,18,19). The van der Waals surface area contributed by atoms with Crippen LogP contribution in [0.25, 0.3) is 0 Å². The maximum absolute atomic E-state index is 12.4. The highest BCUT2D eigenvalue weighted by molar-refractivity contribution is 9.10. The number of furan rings is 1. The Labute approximate surface area is 156 Å². The number of carbonyl (C=O) groups is 1. The molecule has 0 spiro atoms. The highest BCUT2D eigenvalue weighted by Gasteiger charge is 2.18. The van der Waals surface area contributed by atoms with Gasteiger partial charge in [0.1, 0.15) is 5.76 Å². The lowest BCUT2D eigenvalue weighted by Crippen LogP contribution is -2.13. The van der Waals surface area contributed by atoms with Gasteiger partial charge in [-0.3, -0.25) is 4.79 Å². The van der Waals surface area contributed by atoms with E-state index >= 15 is 0 Å². The van der Waals surface area contributed by atoms with Gasteiger partial charge in [0.15, 0.2) is 10.1 Å². The molecule has 3 aromatic rings. The Kier molecular flexibility index (Phi) is 5.70. The molecule has 3 rings (SSSR count). The van der Waals surface area contributed by atoms with E-state index in [4.69, 9.17) is 4.42 Å². The van der Waals surface area contributed by atoms with Crippen molar-refractivity contribution in [1.29, 1.82) is 0 Å². The zero-order valence-electron chi connectivity index (χ0n) is 12.7. The number of carbonyl (C=O) groups excluding carboxylic acids is 1. The average Bonchev–Trinajstić information content (AvgIpc) is 3.24. The summed E-state index contributed by atoms with van der Waals surface area (Å²) in [5.41, 5.74) is 0.693. The summed E-state index contributed by atoms with van der Waals surface area (Å²) in [6, 6.07) is 11.1. The quantitative estimate of drug-likeness (QED) is 0.431. The van der Waals surface area contributed by atoms with E-state index in [1.54, 1.807) is 6.26 Å². The highest BCUT2D eigenvalue weighted by Crippen LogP contribution is 2.30. The van der Waals surface area contributed by atoms with Crippen LogP contribution in [0.15, 0.2) is 55.9 Å². The Hall–Kier alpha value is -1.64. The highest BCUT2D eigenvalue weighted by atomic mass is 79.9. The lowest BCUT2D eigenvalue weighted by Gasteiger charge is -2.07. The third kappa shape index (κ3) is 4.46. The largest absolute Gasteiger partial charge is 0.467 e. The first-order valence-electron chi connectivity index (χ1n) is 7.18. The second-order valence-electron chi connectivity index (χ2n) is 4.94. The van der Waals surface area contributed by atoms with E-state index in [9.17, 15) is 4.79 Å². The molecular formula is C16H14BrN3O2S2. The molecule has 0 aliphatic carbocycles. The Balaban J connectivity index is 1.57. The van der Waals surface area contributed by atoms with E-state index in [1.165, 1.54) is 23.1 Å². The number of nitrogens with zero attached hydrogens (tertiary/aromatic N) is 2. The van der Waals surface area contributed by atoms with Crippen molar-refractivity contribution < 1.29 is 9.21 Å². The third-order valence-corrected chi connectivity index (χ3v) is 5.77. The van der Waals surface area contributed by atoms with Gasteiger partial charge >= 0.3 is 0 Å². The summed E-state index contributed by atoms with van der Waals surface area (Å²) in [4.78, 5) is 12.4. The fourth-order valence-corrected chi connectivity index (χ4v) is 4.19. The molecular weight excluding hydrogens is 410 g/mol. The van der Waals surface area contributed by atoms with Crippen molar-refractivity contribution in [3.63, 3.8) is 0 Å². The van der Waals surface area contributed by atoms with Gasteiger partial charge in [0.05, 0.1) is 18.1 Å². The molecule has 0 bridgehead atoms. The van der Waals surface area contributed by atoms with E-state index in [2.05, 4.69) is 31.4 Å². The number of rotatable bonds is 7. The van der Waals surface area contributed by atoms with Gasteiger partial charge in [0, 0.05) is 10.0 Å². The molecule has 0 aliphatic heterocycles. The minimum atomic E-state index is -0.225. The maximum atomic E-state index is 12.4. The zero-order chi connectivity index (χ0) is 16.9. The summed E-state index contributed by atoms with van der Waals surface area (Å²) in [6.07, 6.45) is 1.63. The molecule has 5 nitrogen and oxygen atoms in total. The number of halogens is 1. The van der Waals surface area contributed by atoms with Gasteiger partial charge in [0.2, 0.25) is 5.13 Å². The molecule has 0 aliphatic rings. The van der Waals surface area contributed by atoms with Crippen molar-refractivity contribution in [3.8, 4) is 0 Å². The van der Waals surface area contributed by atoms with Gasteiger partial charge in [0.25, 0.3) is 0 Å². The molecule has 124 valence electrons. The molecule has 2 aromatic heterocycles. The third-order valence-electron chi connectivity index (χ3n) is 3.18. The summed E-state index contributed by atoms with van der Waals surface area (Å²) < 4.78 is 6.97. The fraction of sp³-hybridized carbons (Fsp3) is 0.188. The molecule has 2 heterocycles. The minimum absolute atomic E-state index is 0.0767. The molecule has 1 N–H and O–H groups in total. The Morgan fingerprint density at radius 2 is 2.12 bits per heavy atom. The van der Waals surface area contributed by atoms with E-state index in [0.29, 0.717) is 17.2 Å². The van der Waals surface area contributed by atoms with E-state index in [-0.39, 0.29) is 11.0 Å². The van der Waals surface area contributed by atoms with Crippen molar-refractivity contribution in [2.75, 3.05) is 5.32 Å². The van der Waals surface area contributed by atoms with Crippen molar-refractivity contribution in [2.45, 2.75) is 23.1 Å². The lowest BCUT2D eigenvalue weighted by atomic mass is 10.1. The van der Waals surface area contributed by atoms with E-state index in [1.807, 2.05) is 43.3 Å². The van der Waals surface area contributed by atoms with E-state index in [0.717, 1.165) is 14.6 Å². The smallest absolute Gasteiger partial charge is 0.206 e. The molecule has 0 saturated heterocycles. The van der Waals surface area contributed by atoms with Crippen LogP contribution in [-0.2, 0) is 6.54 Å². The van der Waals surface area contributed by atoms with Gasteiger partial charge in [-0.2, -0.15) is 0 Å². The molecule has 0 radical (unpaired) electrons. The predicted molar refractivity (Wildman–Crippen MR) is 99.7 cm³/mol. The SMILES string of the molecule is CC(Sc1nnc(NCc2ccco2)s1)C(=O)c1ccc(Br)cc1. The van der Waals surface area contributed by atoms with Gasteiger partial charge in [-0.05, 0) is 31.2 Å². The first-order chi connectivity index (χ1) is 11.6. The molecule has 0 fully saturated rings. The maximum Gasteiger partial charge on any atom is 0.206 e. The van der Waals surface area contributed by atoms with Crippen molar-refractivity contribution in [1.82, 2.24) is 10.2 Å². The van der Waals surface area contributed by atoms with Crippen LogP contribution in [0.1, 0.15) is 23.0 Å². The summed E-state index contributed by atoms with van der Waals surface area (Å²) >= 11 is 6.21. The van der Waals surface area contributed by atoms with E-state index < -0.39 is 0 Å².